The lowest BCUT2D eigenvalue weighted by atomic mass is 9.84. The molecule has 135 valence electrons. The van der Waals surface area contributed by atoms with Crippen LogP contribution in [0.5, 0.6) is 11.5 Å². The van der Waals surface area contributed by atoms with Gasteiger partial charge in [-0.1, -0.05) is 40.7 Å². The van der Waals surface area contributed by atoms with E-state index in [1.54, 1.807) is 18.2 Å². The molecule has 0 fully saturated rings. The summed E-state index contributed by atoms with van der Waals surface area (Å²) in [6.45, 7) is 10.6. The number of rotatable bonds is 8. The summed E-state index contributed by atoms with van der Waals surface area (Å²) in [4.78, 5) is 12.8. The first kappa shape index (κ1) is 20.6. The van der Waals surface area contributed by atoms with Gasteiger partial charge in [-0.25, -0.2) is 0 Å². The zero-order valence-electron chi connectivity index (χ0n) is 15.9. The second-order valence-corrected chi connectivity index (χ2v) is 9.56. The highest BCUT2D eigenvalue weighted by Gasteiger charge is 2.29. The molecule has 0 saturated carbocycles. The Kier molecular flexibility index (Phi) is 7.41. The maximum absolute atomic E-state index is 12.8. The van der Waals surface area contributed by atoms with Gasteiger partial charge in [-0.05, 0) is 36.3 Å². The average molecular weight is 353 g/mol. The van der Waals surface area contributed by atoms with Gasteiger partial charge >= 0.3 is 0 Å². The molecule has 3 atom stereocenters. The van der Waals surface area contributed by atoms with Crippen LogP contribution in [0, 0.1) is 11.3 Å². The minimum atomic E-state index is -2.05. The number of methoxy groups -OCH3 is 2. The van der Waals surface area contributed by atoms with Gasteiger partial charge in [0, 0.05) is 5.66 Å². The van der Waals surface area contributed by atoms with Crippen LogP contribution in [0.4, 0.5) is 0 Å². The fourth-order valence-corrected chi connectivity index (χ4v) is 4.57. The molecule has 5 heteroatoms. The Morgan fingerprint density at radius 1 is 1.12 bits per heavy atom. The van der Waals surface area contributed by atoms with Gasteiger partial charge in [-0.3, -0.25) is 9.36 Å². The molecule has 0 bridgehead atoms. The molecule has 3 unspecified atom stereocenters. The molecular weight excluding hydrogens is 323 g/mol. The molecule has 0 saturated heterocycles. The third-order valence-electron chi connectivity index (χ3n) is 3.95. The zero-order chi connectivity index (χ0) is 18.5. The van der Waals surface area contributed by atoms with Crippen LogP contribution in [0.1, 0.15) is 57.8 Å². The lowest BCUT2D eigenvalue weighted by Gasteiger charge is -2.25. The summed E-state index contributed by atoms with van der Waals surface area (Å²) in [6, 6.07) is 5.12. The summed E-state index contributed by atoms with van der Waals surface area (Å²) in [5.74, 6) is 1.21. The molecule has 1 aromatic carbocycles. The molecule has 0 aliphatic heterocycles. The van der Waals surface area contributed by atoms with Gasteiger partial charge in [0.2, 0.25) is 5.52 Å². The zero-order valence-corrected chi connectivity index (χ0v) is 16.8. The Hall–Kier alpha value is -1.41. The highest BCUT2D eigenvalue weighted by Crippen LogP contribution is 2.42. The van der Waals surface area contributed by atoms with Crippen LogP contribution in [-0.2, 0) is 4.57 Å². The van der Waals surface area contributed by atoms with E-state index in [2.05, 4.69) is 27.7 Å². The summed E-state index contributed by atoms with van der Waals surface area (Å²) in [5.41, 5.74) is -0.0751. The van der Waals surface area contributed by atoms with E-state index >= 15 is 0 Å². The standard InChI is InChI=1S/C19H30O4P/c1-13(12-19(3,4)5)11-14(2)24(21)18(20)17-15(22-6)9-8-10-16(17)23-7/h8-10,13-14H,11-12H2,1-7H3. The van der Waals surface area contributed by atoms with Crippen molar-refractivity contribution in [3.8, 4) is 11.5 Å². The Labute approximate surface area is 146 Å². The lowest BCUT2D eigenvalue weighted by molar-refractivity contribution is 0.107. The van der Waals surface area contributed by atoms with Crippen LogP contribution >= 0.6 is 7.80 Å². The average Bonchev–Trinajstić information content (AvgIpc) is 2.50. The number of hydrogen-bond donors (Lipinski definition) is 0. The van der Waals surface area contributed by atoms with E-state index < -0.39 is 13.3 Å². The van der Waals surface area contributed by atoms with E-state index in [0.717, 1.165) is 12.8 Å². The Bertz CT molecular complexity index is 567. The van der Waals surface area contributed by atoms with Gasteiger partial charge in [0.05, 0.1) is 14.2 Å². The van der Waals surface area contributed by atoms with Crippen molar-refractivity contribution in [2.24, 2.45) is 11.3 Å². The summed E-state index contributed by atoms with van der Waals surface area (Å²) in [6.07, 6.45) is 1.79. The van der Waals surface area contributed by atoms with Crippen molar-refractivity contribution >= 4 is 13.3 Å². The van der Waals surface area contributed by atoms with Gasteiger partial charge in [0.15, 0.2) is 0 Å². The molecule has 1 radical (unpaired) electrons. The molecule has 0 spiro atoms. The van der Waals surface area contributed by atoms with Gasteiger partial charge in [-0.15, -0.1) is 0 Å². The SMILES string of the molecule is COc1cccc(OC)c1C(=O)[P](=O)C(C)CC(C)CC(C)(C)C. The predicted octanol–water partition coefficient (Wildman–Crippen LogP) is 5.52. The van der Waals surface area contributed by atoms with Crippen molar-refractivity contribution in [1.82, 2.24) is 0 Å². The van der Waals surface area contributed by atoms with Crippen LogP contribution < -0.4 is 9.47 Å². The van der Waals surface area contributed by atoms with E-state index in [-0.39, 0.29) is 16.6 Å². The highest BCUT2D eigenvalue weighted by molar-refractivity contribution is 7.65. The molecule has 1 rings (SSSR count). The third-order valence-corrected chi connectivity index (χ3v) is 5.58. The van der Waals surface area contributed by atoms with Crippen molar-refractivity contribution in [2.45, 2.75) is 53.1 Å². The number of benzene rings is 1. The van der Waals surface area contributed by atoms with Crippen molar-refractivity contribution in [3.05, 3.63) is 23.8 Å². The Balaban J connectivity index is 2.94. The molecule has 4 nitrogen and oxygen atoms in total. The van der Waals surface area contributed by atoms with Crippen molar-refractivity contribution < 1.29 is 18.8 Å². The minimum absolute atomic E-state index is 0.181. The van der Waals surface area contributed by atoms with E-state index in [0.29, 0.717) is 17.4 Å². The van der Waals surface area contributed by atoms with Crippen LogP contribution in [0.3, 0.4) is 0 Å². The molecule has 0 N–H and O–H groups in total. The number of carbonyl (C=O) groups excluding carboxylic acids is 1. The molecule has 1 aromatic rings. The second kappa shape index (κ2) is 8.62. The van der Waals surface area contributed by atoms with E-state index in [4.69, 9.17) is 9.47 Å². The van der Waals surface area contributed by atoms with Crippen molar-refractivity contribution in [2.75, 3.05) is 14.2 Å². The smallest absolute Gasteiger partial charge is 0.249 e. The monoisotopic (exact) mass is 353 g/mol. The number of hydrogen-bond acceptors (Lipinski definition) is 4. The van der Waals surface area contributed by atoms with E-state index in [1.165, 1.54) is 14.2 Å². The maximum Gasteiger partial charge on any atom is 0.249 e. The van der Waals surface area contributed by atoms with Crippen LogP contribution in [0.25, 0.3) is 0 Å². The number of ether oxygens (including phenoxy) is 2. The summed E-state index contributed by atoms with van der Waals surface area (Å²) >= 11 is 0. The normalized spacial score (nSPS) is 14.7. The molecule has 0 aliphatic carbocycles. The highest BCUT2D eigenvalue weighted by atomic mass is 31.1. The first-order chi connectivity index (χ1) is 11.1. The van der Waals surface area contributed by atoms with Crippen molar-refractivity contribution in [3.63, 3.8) is 0 Å². The van der Waals surface area contributed by atoms with Crippen molar-refractivity contribution in [1.29, 1.82) is 0 Å². The Morgan fingerprint density at radius 3 is 2.04 bits per heavy atom. The Morgan fingerprint density at radius 2 is 1.62 bits per heavy atom. The van der Waals surface area contributed by atoms with E-state index in [9.17, 15) is 9.36 Å². The maximum atomic E-state index is 12.8. The molecule has 0 amide bonds. The minimum Gasteiger partial charge on any atom is -0.496 e. The third kappa shape index (κ3) is 5.59. The molecule has 0 aliphatic rings. The van der Waals surface area contributed by atoms with Crippen LogP contribution in [0.2, 0.25) is 0 Å². The van der Waals surface area contributed by atoms with Gasteiger partial charge < -0.3 is 9.47 Å². The first-order valence-electron chi connectivity index (χ1n) is 8.32. The molecule has 24 heavy (non-hydrogen) atoms. The van der Waals surface area contributed by atoms with Gasteiger partial charge in [0.25, 0.3) is 0 Å². The number of carbonyl (C=O) groups is 1. The molecule has 0 heterocycles. The summed E-state index contributed by atoms with van der Waals surface area (Å²) in [7, 11) is 0.941. The fraction of sp³-hybridized carbons (Fsp3) is 0.632. The largest absolute Gasteiger partial charge is 0.496 e. The van der Waals surface area contributed by atoms with E-state index in [1.807, 2.05) is 6.92 Å². The summed E-state index contributed by atoms with van der Waals surface area (Å²) < 4.78 is 23.3. The molecule has 0 aromatic heterocycles. The van der Waals surface area contributed by atoms with Gasteiger partial charge in [0.1, 0.15) is 24.9 Å². The van der Waals surface area contributed by atoms with Crippen LogP contribution in [-0.4, -0.2) is 25.4 Å². The van der Waals surface area contributed by atoms with Gasteiger partial charge in [-0.2, -0.15) is 0 Å². The lowest BCUT2D eigenvalue weighted by Crippen LogP contribution is -2.15. The topological polar surface area (TPSA) is 52.6 Å². The van der Waals surface area contributed by atoms with Crippen LogP contribution in [0.15, 0.2) is 18.2 Å². The quantitative estimate of drug-likeness (QED) is 0.577. The predicted molar refractivity (Wildman–Crippen MR) is 98.8 cm³/mol. The summed E-state index contributed by atoms with van der Waals surface area (Å²) in [5, 5.41) is 0. The first-order valence-corrected chi connectivity index (χ1v) is 9.65. The second-order valence-electron chi connectivity index (χ2n) is 7.62. The molecular formula is C19H30O4P. The fourth-order valence-electron chi connectivity index (χ4n) is 3.18.